The predicted molar refractivity (Wildman–Crippen MR) is 64.6 cm³/mol. The minimum absolute atomic E-state index is 0.176. The third-order valence-corrected chi connectivity index (χ3v) is 4.21. The van der Waals surface area contributed by atoms with E-state index in [9.17, 15) is 5.11 Å². The summed E-state index contributed by atoms with van der Waals surface area (Å²) in [5.41, 5.74) is -0.814. The smallest absolute Gasteiger partial charge is 0.0953 e. The van der Waals surface area contributed by atoms with Gasteiger partial charge < -0.3 is 9.84 Å². The summed E-state index contributed by atoms with van der Waals surface area (Å²) in [5.74, 6) is 0. The average molecular weight is 241 g/mol. The Morgan fingerprint density at radius 1 is 1.62 bits per heavy atom. The number of hydrogen-bond donors (Lipinski definition) is 1. The van der Waals surface area contributed by atoms with Gasteiger partial charge in [-0.05, 0) is 13.3 Å². The van der Waals surface area contributed by atoms with Crippen LogP contribution in [-0.4, -0.2) is 27.9 Å². The molecule has 1 N–H and O–H groups in total. The van der Waals surface area contributed by atoms with Gasteiger partial charge in [0.05, 0.1) is 22.8 Å². The molecule has 1 aromatic heterocycles. The summed E-state index contributed by atoms with van der Waals surface area (Å²) < 4.78 is 5.75. The Hall–Kier alpha value is -0.450. The largest absolute Gasteiger partial charge is 0.389 e. The zero-order chi connectivity index (χ0) is 11.6. The first-order chi connectivity index (χ1) is 7.55. The molecule has 1 aliphatic rings. The summed E-state index contributed by atoms with van der Waals surface area (Å²) in [6.45, 7) is 4.83. The number of nitrogens with zero attached hydrogens (tertiary/aromatic N) is 1. The molecule has 0 radical (unpaired) electrons. The normalized spacial score (nSPS) is 35.2. The van der Waals surface area contributed by atoms with E-state index < -0.39 is 5.60 Å². The quantitative estimate of drug-likeness (QED) is 0.883. The van der Waals surface area contributed by atoms with Crippen molar-refractivity contribution in [1.29, 1.82) is 0 Å². The first-order valence-electron chi connectivity index (χ1n) is 5.80. The molecule has 0 bridgehead atoms. The zero-order valence-electron chi connectivity index (χ0n) is 9.90. The molecule has 2 unspecified atom stereocenters. The van der Waals surface area contributed by atoms with E-state index in [1.807, 2.05) is 5.38 Å². The highest BCUT2D eigenvalue weighted by atomic mass is 32.1. The van der Waals surface area contributed by atoms with Gasteiger partial charge in [0, 0.05) is 30.8 Å². The predicted octanol–water partition coefficient (Wildman–Crippen LogP) is 2.40. The van der Waals surface area contributed by atoms with E-state index in [1.54, 1.807) is 17.5 Å². The first kappa shape index (κ1) is 12.0. The molecule has 0 aliphatic carbocycles. The van der Waals surface area contributed by atoms with Crippen molar-refractivity contribution < 1.29 is 9.84 Å². The summed E-state index contributed by atoms with van der Waals surface area (Å²) >= 11 is 1.61. The minimum atomic E-state index is -0.638. The first-order valence-corrected chi connectivity index (χ1v) is 6.68. The fourth-order valence-electron chi connectivity index (χ4n) is 2.32. The van der Waals surface area contributed by atoms with Gasteiger partial charge >= 0.3 is 0 Å². The lowest BCUT2D eigenvalue weighted by atomic mass is 9.80. The molecule has 1 aliphatic heterocycles. The molecule has 16 heavy (non-hydrogen) atoms. The highest BCUT2D eigenvalue weighted by Crippen LogP contribution is 2.36. The molecule has 1 fully saturated rings. The van der Waals surface area contributed by atoms with Crippen LogP contribution in [0.3, 0.4) is 0 Å². The van der Waals surface area contributed by atoms with E-state index in [1.165, 1.54) is 0 Å². The number of aromatic nitrogens is 1. The van der Waals surface area contributed by atoms with Crippen LogP contribution in [-0.2, 0) is 11.2 Å². The van der Waals surface area contributed by atoms with Crippen LogP contribution in [0.5, 0.6) is 0 Å². The SMILES string of the molecule is CCC1(C)CC(O)(Cc2nccs2)CCO1. The maximum absolute atomic E-state index is 10.6. The molecule has 3 nitrogen and oxygen atoms in total. The minimum Gasteiger partial charge on any atom is -0.389 e. The molecule has 0 saturated carbocycles. The monoisotopic (exact) mass is 241 g/mol. The fourth-order valence-corrected chi connectivity index (χ4v) is 3.08. The molecule has 90 valence electrons. The lowest BCUT2D eigenvalue weighted by molar-refractivity contribution is -0.152. The number of aliphatic hydroxyl groups is 1. The van der Waals surface area contributed by atoms with Gasteiger partial charge in [0.15, 0.2) is 0 Å². The van der Waals surface area contributed by atoms with E-state index in [0.717, 1.165) is 11.4 Å². The third-order valence-electron chi connectivity index (χ3n) is 3.43. The van der Waals surface area contributed by atoms with Crippen molar-refractivity contribution in [3.63, 3.8) is 0 Å². The topological polar surface area (TPSA) is 42.4 Å². The van der Waals surface area contributed by atoms with Crippen LogP contribution in [0, 0.1) is 0 Å². The summed E-state index contributed by atoms with van der Waals surface area (Å²) in [5, 5.41) is 13.6. The van der Waals surface area contributed by atoms with Gasteiger partial charge in [-0.25, -0.2) is 4.98 Å². The van der Waals surface area contributed by atoms with E-state index in [0.29, 0.717) is 25.9 Å². The molecule has 2 rings (SSSR count). The Balaban J connectivity index is 2.06. The third kappa shape index (κ3) is 2.62. The second kappa shape index (κ2) is 4.43. The maximum atomic E-state index is 10.6. The number of hydrogen-bond acceptors (Lipinski definition) is 4. The average Bonchev–Trinajstić information content (AvgIpc) is 2.69. The van der Waals surface area contributed by atoms with Crippen LogP contribution in [0.15, 0.2) is 11.6 Å². The molecule has 0 amide bonds. The molecule has 0 spiro atoms. The highest BCUT2D eigenvalue weighted by Gasteiger charge is 2.41. The maximum Gasteiger partial charge on any atom is 0.0953 e. The van der Waals surface area contributed by atoms with Crippen molar-refractivity contribution in [2.75, 3.05) is 6.61 Å². The fraction of sp³-hybridized carbons (Fsp3) is 0.750. The summed E-state index contributed by atoms with van der Waals surface area (Å²) in [7, 11) is 0. The lowest BCUT2D eigenvalue weighted by Gasteiger charge is -2.42. The Morgan fingerprint density at radius 3 is 3.06 bits per heavy atom. The van der Waals surface area contributed by atoms with Crippen LogP contribution < -0.4 is 0 Å². The van der Waals surface area contributed by atoms with Gasteiger partial charge in [-0.3, -0.25) is 0 Å². The van der Waals surface area contributed by atoms with Crippen molar-refractivity contribution in [1.82, 2.24) is 4.98 Å². The van der Waals surface area contributed by atoms with Crippen molar-refractivity contribution >= 4 is 11.3 Å². The van der Waals surface area contributed by atoms with E-state index >= 15 is 0 Å². The molecule has 4 heteroatoms. The molecule has 0 aromatic carbocycles. The van der Waals surface area contributed by atoms with Gasteiger partial charge in [0.1, 0.15) is 0 Å². The van der Waals surface area contributed by atoms with Crippen LogP contribution in [0.25, 0.3) is 0 Å². The summed E-state index contributed by atoms with van der Waals surface area (Å²) in [4.78, 5) is 4.25. The molecule has 1 aromatic rings. The van der Waals surface area contributed by atoms with Gasteiger partial charge in [-0.15, -0.1) is 11.3 Å². The van der Waals surface area contributed by atoms with Gasteiger partial charge in [0.2, 0.25) is 0 Å². The van der Waals surface area contributed by atoms with Gasteiger partial charge in [0.25, 0.3) is 0 Å². The number of thiazole rings is 1. The van der Waals surface area contributed by atoms with Crippen molar-refractivity contribution in [2.45, 2.75) is 50.7 Å². The van der Waals surface area contributed by atoms with Crippen molar-refractivity contribution in [3.8, 4) is 0 Å². The van der Waals surface area contributed by atoms with E-state index in [4.69, 9.17) is 4.74 Å². The number of ether oxygens (including phenoxy) is 1. The molecular formula is C12H19NO2S. The molecular weight excluding hydrogens is 222 g/mol. The van der Waals surface area contributed by atoms with Crippen LogP contribution in [0.1, 0.15) is 38.1 Å². The van der Waals surface area contributed by atoms with Crippen LogP contribution >= 0.6 is 11.3 Å². The second-order valence-electron chi connectivity index (χ2n) is 4.91. The number of rotatable bonds is 3. The molecule has 2 heterocycles. The Labute approximate surface area is 100 Å². The van der Waals surface area contributed by atoms with Gasteiger partial charge in [-0.1, -0.05) is 6.92 Å². The van der Waals surface area contributed by atoms with Crippen LogP contribution in [0.2, 0.25) is 0 Å². The Bertz CT molecular complexity index is 341. The second-order valence-corrected chi connectivity index (χ2v) is 5.88. The summed E-state index contributed by atoms with van der Waals surface area (Å²) in [6.07, 6.45) is 4.80. The van der Waals surface area contributed by atoms with Crippen LogP contribution in [0.4, 0.5) is 0 Å². The standard InChI is InChI=1S/C12H19NO2S/c1-3-11(2)9-12(14,4-6-15-11)8-10-13-5-7-16-10/h5,7,14H,3-4,6,8-9H2,1-2H3. The van der Waals surface area contributed by atoms with E-state index in [2.05, 4.69) is 18.8 Å². The Kier molecular flexibility index (Phi) is 3.33. The summed E-state index contributed by atoms with van der Waals surface area (Å²) in [6, 6.07) is 0. The van der Waals surface area contributed by atoms with Crippen molar-refractivity contribution in [2.24, 2.45) is 0 Å². The highest BCUT2D eigenvalue weighted by molar-refractivity contribution is 7.09. The van der Waals surface area contributed by atoms with Crippen molar-refractivity contribution in [3.05, 3.63) is 16.6 Å². The zero-order valence-corrected chi connectivity index (χ0v) is 10.7. The molecule has 2 atom stereocenters. The Morgan fingerprint density at radius 2 is 2.44 bits per heavy atom. The lowest BCUT2D eigenvalue weighted by Crippen LogP contribution is -2.48. The molecule has 1 saturated heterocycles. The van der Waals surface area contributed by atoms with Gasteiger partial charge in [-0.2, -0.15) is 0 Å². The van der Waals surface area contributed by atoms with E-state index in [-0.39, 0.29) is 5.60 Å².